The Morgan fingerprint density at radius 3 is 1.57 bits per heavy atom. The molecule has 1 aromatic carbocycles. The average molecular weight is 384 g/mol. The fraction of sp³-hybridized carbons (Fsp3) is 0.188. The van der Waals surface area contributed by atoms with E-state index in [2.05, 4.69) is 30.7 Å². The van der Waals surface area contributed by atoms with Crippen LogP contribution in [0.5, 0.6) is 17.2 Å². The van der Waals surface area contributed by atoms with E-state index in [1.54, 1.807) is 26.2 Å². The number of aryl methyl sites for hydroxylation is 2. The van der Waals surface area contributed by atoms with Crippen LogP contribution in [-0.2, 0) is 14.1 Å². The number of nitrogens with zero attached hydrogens (tertiary/aromatic N) is 8. The highest BCUT2D eigenvalue weighted by molar-refractivity contribution is 6.04. The minimum atomic E-state index is -0.729. The molecule has 0 saturated heterocycles. The molecule has 2 aromatic heterocycles. The molecule has 0 atom stereocenters. The SMILES string of the molecule is CC(=O)c1c(O)c(/N=N/c2ccnn2C)c(O)c(/N=N/c2ccnn2C)c1O. The molecule has 2 heterocycles. The van der Waals surface area contributed by atoms with Gasteiger partial charge < -0.3 is 15.3 Å². The van der Waals surface area contributed by atoms with Crippen LogP contribution >= 0.6 is 0 Å². The predicted octanol–water partition coefficient (Wildman–Crippen LogP) is 3.30. The molecule has 12 nitrogen and oxygen atoms in total. The topological polar surface area (TPSA) is 163 Å². The number of hydrogen-bond acceptors (Lipinski definition) is 10. The lowest BCUT2D eigenvalue weighted by molar-refractivity contribution is 0.101. The van der Waals surface area contributed by atoms with Crippen LogP contribution < -0.4 is 0 Å². The zero-order chi connectivity index (χ0) is 20.4. The van der Waals surface area contributed by atoms with E-state index >= 15 is 0 Å². The highest BCUT2D eigenvalue weighted by Crippen LogP contribution is 2.52. The first kappa shape index (κ1) is 18.7. The summed E-state index contributed by atoms with van der Waals surface area (Å²) < 4.78 is 2.82. The van der Waals surface area contributed by atoms with E-state index in [0.29, 0.717) is 11.6 Å². The molecule has 0 bridgehead atoms. The van der Waals surface area contributed by atoms with Crippen LogP contribution in [0.4, 0.5) is 23.0 Å². The second kappa shape index (κ2) is 7.26. The van der Waals surface area contributed by atoms with Gasteiger partial charge in [-0.3, -0.25) is 4.79 Å². The van der Waals surface area contributed by atoms with Gasteiger partial charge in [0.2, 0.25) is 0 Å². The first-order valence-electron chi connectivity index (χ1n) is 7.92. The number of ketones is 1. The van der Waals surface area contributed by atoms with Crippen molar-refractivity contribution in [3.8, 4) is 17.2 Å². The Morgan fingerprint density at radius 1 is 0.821 bits per heavy atom. The molecule has 0 fully saturated rings. The van der Waals surface area contributed by atoms with E-state index in [1.807, 2.05) is 0 Å². The molecule has 0 saturated carbocycles. The number of aromatic hydroxyl groups is 3. The fourth-order valence-electron chi connectivity index (χ4n) is 2.34. The van der Waals surface area contributed by atoms with E-state index in [-0.39, 0.29) is 0 Å². The van der Waals surface area contributed by atoms with Crippen LogP contribution in [0.1, 0.15) is 17.3 Å². The Hall–Kier alpha value is -4.09. The summed E-state index contributed by atoms with van der Waals surface area (Å²) in [5.41, 5.74) is -1.35. The van der Waals surface area contributed by atoms with Crippen molar-refractivity contribution in [1.29, 1.82) is 0 Å². The zero-order valence-electron chi connectivity index (χ0n) is 15.1. The molecule has 0 amide bonds. The van der Waals surface area contributed by atoms with Gasteiger partial charge >= 0.3 is 0 Å². The number of phenols is 3. The summed E-state index contributed by atoms with van der Waals surface area (Å²) in [7, 11) is 3.25. The number of hydrogen-bond donors (Lipinski definition) is 3. The van der Waals surface area contributed by atoms with E-state index in [1.165, 1.54) is 21.8 Å². The molecule has 3 aromatic rings. The smallest absolute Gasteiger partial charge is 0.178 e. The molecule has 0 unspecified atom stereocenters. The molecule has 12 heteroatoms. The number of carbonyl (C=O) groups excluding carboxylic acids is 1. The summed E-state index contributed by atoms with van der Waals surface area (Å²) in [5.74, 6) is -2.16. The molecule has 3 N–H and O–H groups in total. The summed E-state index contributed by atoms with van der Waals surface area (Å²) in [6.45, 7) is 1.13. The van der Waals surface area contributed by atoms with Gasteiger partial charge in [-0.2, -0.15) is 10.2 Å². The first-order valence-corrected chi connectivity index (χ1v) is 7.92. The van der Waals surface area contributed by atoms with Crippen LogP contribution in [0.15, 0.2) is 45.0 Å². The van der Waals surface area contributed by atoms with E-state index in [0.717, 1.165) is 6.92 Å². The van der Waals surface area contributed by atoms with Crippen LogP contribution in [-0.4, -0.2) is 40.7 Å². The highest BCUT2D eigenvalue weighted by Gasteiger charge is 2.26. The van der Waals surface area contributed by atoms with Crippen molar-refractivity contribution >= 4 is 28.8 Å². The quantitative estimate of drug-likeness (QED) is 0.451. The monoisotopic (exact) mass is 384 g/mol. The summed E-state index contributed by atoms with van der Waals surface area (Å²) in [6.07, 6.45) is 2.97. The van der Waals surface area contributed by atoms with Crippen molar-refractivity contribution in [3.05, 3.63) is 30.1 Å². The summed E-state index contributed by atoms with van der Waals surface area (Å²) in [4.78, 5) is 11.9. The largest absolute Gasteiger partial charge is 0.505 e. The lowest BCUT2D eigenvalue weighted by Crippen LogP contribution is -1.95. The van der Waals surface area contributed by atoms with Gasteiger partial charge in [0.05, 0.1) is 12.4 Å². The van der Waals surface area contributed by atoms with E-state index < -0.39 is 40.0 Å². The third-order valence-electron chi connectivity index (χ3n) is 3.82. The predicted molar refractivity (Wildman–Crippen MR) is 96.2 cm³/mol. The maximum Gasteiger partial charge on any atom is 0.178 e. The third-order valence-corrected chi connectivity index (χ3v) is 3.82. The van der Waals surface area contributed by atoms with Gasteiger partial charge in [-0.1, -0.05) is 0 Å². The molecule has 28 heavy (non-hydrogen) atoms. The van der Waals surface area contributed by atoms with Crippen molar-refractivity contribution < 1.29 is 20.1 Å². The Labute approximate surface area is 158 Å². The van der Waals surface area contributed by atoms with Crippen LogP contribution in [0.2, 0.25) is 0 Å². The molecule has 0 aliphatic heterocycles. The zero-order valence-corrected chi connectivity index (χ0v) is 15.1. The Bertz CT molecular complexity index is 1030. The third kappa shape index (κ3) is 3.30. The molecule has 0 spiro atoms. The van der Waals surface area contributed by atoms with Crippen molar-refractivity contribution in [1.82, 2.24) is 19.6 Å². The molecular formula is C16H16N8O4. The Morgan fingerprint density at radius 2 is 1.25 bits per heavy atom. The van der Waals surface area contributed by atoms with Gasteiger partial charge in [0, 0.05) is 26.2 Å². The number of Topliss-reactive ketones (excluding diaryl/α,β-unsaturated/α-hetero) is 1. The second-order valence-electron chi connectivity index (χ2n) is 5.70. The fourth-order valence-corrected chi connectivity index (χ4v) is 2.34. The number of aromatic nitrogens is 4. The normalized spacial score (nSPS) is 11.7. The standard InChI is InChI=1S/C16H16N8O4/c1-8(25)11-14(26)12(21-19-9-4-6-17-23(9)2)16(28)13(15(11)27)22-20-10-5-7-18-24(10)3/h4-7,26-28H,1-3H3/b21-19+,22-20+. The van der Waals surface area contributed by atoms with Crippen LogP contribution in [0.3, 0.4) is 0 Å². The molecular weight excluding hydrogens is 368 g/mol. The Kier molecular flexibility index (Phi) is 4.85. The van der Waals surface area contributed by atoms with Crippen molar-refractivity contribution in [2.24, 2.45) is 34.6 Å². The Balaban J connectivity index is 2.16. The average Bonchev–Trinajstić information content (AvgIpc) is 3.22. The second-order valence-corrected chi connectivity index (χ2v) is 5.70. The number of rotatable bonds is 5. The van der Waals surface area contributed by atoms with Gasteiger partial charge in [-0.05, 0) is 6.92 Å². The van der Waals surface area contributed by atoms with E-state index in [4.69, 9.17) is 0 Å². The lowest BCUT2D eigenvalue weighted by atomic mass is 10.1. The molecule has 0 aliphatic rings. The number of azo groups is 2. The van der Waals surface area contributed by atoms with Crippen LogP contribution in [0, 0.1) is 0 Å². The summed E-state index contributed by atoms with van der Waals surface area (Å²) in [6, 6.07) is 3.10. The minimum Gasteiger partial charge on any atom is -0.505 e. The summed E-state index contributed by atoms with van der Waals surface area (Å²) in [5, 5.41) is 54.3. The lowest BCUT2D eigenvalue weighted by Gasteiger charge is -2.11. The van der Waals surface area contributed by atoms with Gasteiger partial charge in [0.15, 0.2) is 46.0 Å². The first-order chi connectivity index (χ1) is 13.3. The van der Waals surface area contributed by atoms with Crippen LogP contribution in [0.25, 0.3) is 0 Å². The summed E-state index contributed by atoms with van der Waals surface area (Å²) >= 11 is 0. The van der Waals surface area contributed by atoms with Crippen molar-refractivity contribution in [3.63, 3.8) is 0 Å². The number of phenolic OH excluding ortho intramolecular Hbond substituents is 3. The minimum absolute atomic E-state index is 0.328. The maximum atomic E-state index is 11.9. The number of benzene rings is 1. The molecule has 3 rings (SSSR count). The van der Waals surface area contributed by atoms with Crippen molar-refractivity contribution in [2.75, 3.05) is 0 Å². The molecule has 0 radical (unpaired) electrons. The number of carbonyl (C=O) groups is 1. The molecule has 0 aliphatic carbocycles. The van der Waals surface area contributed by atoms with E-state index in [9.17, 15) is 20.1 Å². The van der Waals surface area contributed by atoms with Crippen molar-refractivity contribution in [2.45, 2.75) is 6.92 Å². The van der Waals surface area contributed by atoms with Gasteiger partial charge in [0.25, 0.3) is 0 Å². The van der Waals surface area contributed by atoms with Gasteiger partial charge in [0.1, 0.15) is 5.56 Å². The van der Waals surface area contributed by atoms with Gasteiger partial charge in [-0.15, -0.1) is 20.5 Å². The highest BCUT2D eigenvalue weighted by atomic mass is 16.3. The molecule has 144 valence electrons. The maximum absolute atomic E-state index is 11.9. The van der Waals surface area contributed by atoms with Gasteiger partial charge in [-0.25, -0.2) is 9.36 Å².